The Kier molecular flexibility index (Phi) is 7.07. The molecule has 1 N–H and O–H groups in total. The van der Waals surface area contributed by atoms with Crippen molar-refractivity contribution in [2.24, 2.45) is 0 Å². The van der Waals surface area contributed by atoms with Crippen LogP contribution in [0, 0.1) is 0 Å². The van der Waals surface area contributed by atoms with Crippen LogP contribution in [0.3, 0.4) is 0 Å². The van der Waals surface area contributed by atoms with Crippen LogP contribution in [0.15, 0.2) is 60.0 Å². The normalized spacial score (nSPS) is 20.4. The fourth-order valence-corrected chi connectivity index (χ4v) is 3.92. The van der Waals surface area contributed by atoms with Crippen LogP contribution in [0.4, 0.5) is 0 Å². The Morgan fingerprint density at radius 3 is 1.83 bits per heavy atom. The largest absolute Gasteiger partial charge is 0.628 e. The highest BCUT2D eigenvalue weighted by Gasteiger charge is 2.57. The van der Waals surface area contributed by atoms with E-state index in [-0.39, 0.29) is 13.1 Å². The van der Waals surface area contributed by atoms with Crippen LogP contribution in [-0.2, 0) is 28.2 Å². The Bertz CT molecular complexity index is 1080. The lowest BCUT2D eigenvalue weighted by atomic mass is 9.54. The molecule has 4 rings (SSSR count). The zero-order chi connectivity index (χ0) is 25.2. The van der Waals surface area contributed by atoms with Gasteiger partial charge in [0.1, 0.15) is 5.75 Å². The summed E-state index contributed by atoms with van der Waals surface area (Å²) >= 11 is 0. The summed E-state index contributed by atoms with van der Waals surface area (Å²) in [7, 11) is -0.695. The maximum Gasteiger partial charge on any atom is 0.628 e. The monoisotopic (exact) mass is 477 g/mol. The number of hydrogen-bond acceptors (Lipinski definition) is 8. The van der Waals surface area contributed by atoms with E-state index < -0.39 is 37.4 Å². The number of carbonyl (C=O) groups is 2. The number of rotatable bonds is 5. The minimum atomic E-state index is -1.34. The predicted octanol–water partition coefficient (Wildman–Crippen LogP) is 2.85. The molecule has 2 aromatic carbocycles. The number of carbonyl (C=O) groups excluding carboxylic acids is 2. The number of ether oxygens (including phenoxy) is 1. The molecule has 2 aliphatic heterocycles. The standard InChI is InChI=1S/C25H29B2NO7/c1-24(2)25(3,4)35-27(34-24)23(26-32-20(29)15-28-16-21(30)33-26)22(17-9-7-6-8-10-17)18-11-13-19(31-5)14-12-18/h6-14,28H,15-16H2,1-5H3/b23-22-. The Labute approximate surface area is 206 Å². The van der Waals surface area contributed by atoms with Gasteiger partial charge >= 0.3 is 26.2 Å². The Morgan fingerprint density at radius 1 is 0.800 bits per heavy atom. The summed E-state index contributed by atoms with van der Waals surface area (Å²) in [6, 6.07) is 17.0. The third-order valence-electron chi connectivity index (χ3n) is 6.51. The highest BCUT2D eigenvalue weighted by atomic mass is 16.7. The van der Waals surface area contributed by atoms with Gasteiger partial charge < -0.3 is 23.4 Å². The van der Waals surface area contributed by atoms with Crippen LogP contribution in [-0.4, -0.2) is 57.6 Å². The quantitative estimate of drug-likeness (QED) is 0.658. The van der Waals surface area contributed by atoms with Crippen LogP contribution in [0.1, 0.15) is 38.8 Å². The molecular formula is C25H29B2NO7. The van der Waals surface area contributed by atoms with E-state index in [2.05, 4.69) is 5.32 Å². The molecule has 2 saturated heterocycles. The lowest BCUT2D eigenvalue weighted by molar-refractivity contribution is -0.141. The molecule has 0 atom stereocenters. The van der Waals surface area contributed by atoms with Crippen molar-refractivity contribution in [3.63, 3.8) is 0 Å². The van der Waals surface area contributed by atoms with Crippen molar-refractivity contribution < 1.29 is 32.9 Å². The van der Waals surface area contributed by atoms with Gasteiger partial charge in [-0.1, -0.05) is 42.5 Å². The summed E-state index contributed by atoms with van der Waals surface area (Å²) in [6.07, 6.45) is 0. The van der Waals surface area contributed by atoms with Gasteiger partial charge in [0.15, 0.2) is 0 Å². The molecular weight excluding hydrogens is 448 g/mol. The van der Waals surface area contributed by atoms with Crippen LogP contribution in [0.2, 0.25) is 0 Å². The van der Waals surface area contributed by atoms with Crippen molar-refractivity contribution in [1.82, 2.24) is 5.32 Å². The van der Waals surface area contributed by atoms with Gasteiger partial charge in [-0.05, 0) is 56.5 Å². The highest BCUT2D eigenvalue weighted by Crippen LogP contribution is 2.42. The average molecular weight is 477 g/mol. The molecule has 2 aromatic rings. The first-order chi connectivity index (χ1) is 16.6. The fraction of sp³-hybridized carbons (Fsp3) is 0.360. The lowest BCUT2D eigenvalue weighted by Crippen LogP contribution is -2.46. The van der Waals surface area contributed by atoms with E-state index in [0.717, 1.165) is 11.1 Å². The van der Waals surface area contributed by atoms with Crippen LogP contribution in [0.25, 0.3) is 5.57 Å². The van der Waals surface area contributed by atoms with E-state index in [0.29, 0.717) is 16.7 Å². The van der Waals surface area contributed by atoms with Crippen LogP contribution in [0.5, 0.6) is 5.75 Å². The zero-order valence-corrected chi connectivity index (χ0v) is 20.6. The van der Waals surface area contributed by atoms with Gasteiger partial charge in [0.2, 0.25) is 0 Å². The molecule has 8 nitrogen and oxygen atoms in total. The molecule has 0 unspecified atom stereocenters. The number of methoxy groups -OCH3 is 1. The summed E-state index contributed by atoms with van der Waals surface area (Å²) < 4.78 is 29.4. The van der Waals surface area contributed by atoms with E-state index >= 15 is 0 Å². The summed E-state index contributed by atoms with van der Waals surface area (Å²) in [5, 5.41) is 3.10. The van der Waals surface area contributed by atoms with E-state index in [1.54, 1.807) is 7.11 Å². The molecule has 35 heavy (non-hydrogen) atoms. The molecule has 2 fully saturated rings. The smallest absolute Gasteiger partial charge is 0.497 e. The third-order valence-corrected chi connectivity index (χ3v) is 6.51. The summed E-state index contributed by atoms with van der Waals surface area (Å²) in [6.45, 7) is 7.48. The van der Waals surface area contributed by atoms with E-state index in [4.69, 9.17) is 23.4 Å². The Hall–Kier alpha value is -3.07. The van der Waals surface area contributed by atoms with Gasteiger partial charge in [-0.15, -0.1) is 0 Å². The van der Waals surface area contributed by atoms with Gasteiger partial charge in [0.05, 0.1) is 31.4 Å². The molecule has 0 amide bonds. The van der Waals surface area contributed by atoms with E-state index in [1.807, 2.05) is 82.3 Å². The second-order valence-electron chi connectivity index (χ2n) is 9.43. The number of nitrogens with one attached hydrogen (secondary N) is 1. The molecule has 0 aliphatic carbocycles. The average Bonchev–Trinajstić information content (AvgIpc) is 3.03. The number of hydrogen-bond donors (Lipinski definition) is 1. The molecule has 2 aliphatic rings. The van der Waals surface area contributed by atoms with E-state index in [9.17, 15) is 9.59 Å². The second kappa shape index (κ2) is 9.89. The second-order valence-corrected chi connectivity index (χ2v) is 9.43. The third kappa shape index (κ3) is 5.29. The van der Waals surface area contributed by atoms with Crippen molar-refractivity contribution in [2.75, 3.05) is 20.2 Å². The molecule has 182 valence electrons. The molecule has 2 heterocycles. The van der Waals surface area contributed by atoms with Crippen LogP contribution < -0.4 is 10.1 Å². The first-order valence-electron chi connectivity index (χ1n) is 11.5. The molecule has 0 radical (unpaired) electrons. The highest BCUT2D eigenvalue weighted by molar-refractivity contribution is 6.81. The Morgan fingerprint density at radius 2 is 1.31 bits per heavy atom. The topological polar surface area (TPSA) is 92.3 Å². The van der Waals surface area contributed by atoms with Gasteiger partial charge in [-0.2, -0.15) is 0 Å². The minimum absolute atomic E-state index is 0.120. The maximum atomic E-state index is 12.5. The fourth-order valence-electron chi connectivity index (χ4n) is 3.92. The van der Waals surface area contributed by atoms with Crippen molar-refractivity contribution in [2.45, 2.75) is 38.9 Å². The predicted molar refractivity (Wildman–Crippen MR) is 132 cm³/mol. The number of benzene rings is 2. The summed E-state index contributed by atoms with van der Waals surface area (Å²) in [5.74, 6) is -0.425. The van der Waals surface area contributed by atoms with E-state index in [1.165, 1.54) is 0 Å². The van der Waals surface area contributed by atoms with Crippen molar-refractivity contribution in [1.29, 1.82) is 0 Å². The molecule has 0 saturated carbocycles. The van der Waals surface area contributed by atoms with Gasteiger partial charge in [0.25, 0.3) is 0 Å². The van der Waals surface area contributed by atoms with Crippen molar-refractivity contribution in [3.8, 4) is 5.75 Å². The van der Waals surface area contributed by atoms with Gasteiger partial charge in [0, 0.05) is 5.37 Å². The van der Waals surface area contributed by atoms with Gasteiger partial charge in [-0.25, -0.2) is 0 Å². The SMILES string of the molecule is COc1ccc(/C(=C(/B2OC(=O)CNCC(=O)O2)B2OC(C)(C)C(C)(C)O2)c2ccccc2)cc1. The molecule has 10 heteroatoms. The summed E-state index contributed by atoms with van der Waals surface area (Å²) in [5.41, 5.74) is 0.915. The Balaban J connectivity index is 1.96. The van der Waals surface area contributed by atoms with Crippen LogP contribution >= 0.6 is 0 Å². The first kappa shape index (κ1) is 25.0. The maximum absolute atomic E-state index is 12.5. The molecule has 0 spiro atoms. The molecule has 0 bridgehead atoms. The minimum Gasteiger partial charge on any atom is -0.497 e. The van der Waals surface area contributed by atoms with Crippen molar-refractivity contribution in [3.05, 3.63) is 71.1 Å². The summed E-state index contributed by atoms with van der Waals surface area (Å²) in [4.78, 5) is 25.0. The van der Waals surface area contributed by atoms with Gasteiger partial charge in [-0.3, -0.25) is 14.9 Å². The lowest BCUT2D eigenvalue weighted by Gasteiger charge is -2.32. The zero-order valence-electron chi connectivity index (χ0n) is 20.6. The first-order valence-corrected chi connectivity index (χ1v) is 11.5. The van der Waals surface area contributed by atoms with Crippen molar-refractivity contribution >= 4 is 31.7 Å². The molecule has 0 aromatic heterocycles.